The summed E-state index contributed by atoms with van der Waals surface area (Å²) in [6.07, 6.45) is 0.885. The maximum atomic E-state index is 13.0. The summed E-state index contributed by atoms with van der Waals surface area (Å²) in [6, 6.07) is 14.1. The van der Waals surface area contributed by atoms with Crippen molar-refractivity contribution in [2.24, 2.45) is 5.92 Å². The van der Waals surface area contributed by atoms with Crippen LogP contribution in [0.4, 0.5) is 10.1 Å². The largest absolute Gasteiger partial charge is 0.342 e. The van der Waals surface area contributed by atoms with Crippen LogP contribution in [0.15, 0.2) is 48.5 Å². The molecule has 3 rings (SSSR count). The van der Waals surface area contributed by atoms with Gasteiger partial charge in [0.15, 0.2) is 0 Å². The molecule has 2 aromatic rings. The van der Waals surface area contributed by atoms with Crippen LogP contribution in [0.5, 0.6) is 0 Å². The van der Waals surface area contributed by atoms with Gasteiger partial charge in [-0.1, -0.05) is 44.2 Å². The lowest BCUT2D eigenvalue weighted by molar-refractivity contribution is -0.128. The molecule has 1 aliphatic heterocycles. The lowest BCUT2D eigenvalue weighted by atomic mass is 10.0. The van der Waals surface area contributed by atoms with Gasteiger partial charge in [-0.15, -0.1) is 0 Å². The second-order valence-electron chi connectivity index (χ2n) is 7.35. The molecule has 0 bridgehead atoms. The van der Waals surface area contributed by atoms with E-state index in [1.54, 1.807) is 17.0 Å². The second-order valence-corrected chi connectivity index (χ2v) is 7.35. The molecule has 0 aromatic heterocycles. The highest BCUT2D eigenvalue weighted by molar-refractivity contribution is 5.97. The molecule has 1 saturated heterocycles. The normalized spacial score (nSPS) is 16.8. The Balaban J connectivity index is 1.58. The maximum Gasteiger partial charge on any atom is 0.229 e. The maximum absolute atomic E-state index is 13.0. The first kappa shape index (κ1) is 19.1. The first-order chi connectivity index (χ1) is 12.9. The quantitative estimate of drug-likeness (QED) is 0.838. The van der Waals surface area contributed by atoms with E-state index in [0.717, 1.165) is 16.8 Å². The van der Waals surface area contributed by atoms with Crippen molar-refractivity contribution in [1.29, 1.82) is 0 Å². The summed E-state index contributed by atoms with van der Waals surface area (Å²) in [6.45, 7) is 5.13. The number of carbonyl (C=O) groups excluding carboxylic acids is 2. The van der Waals surface area contributed by atoms with E-state index in [4.69, 9.17) is 0 Å². The molecule has 27 heavy (non-hydrogen) atoms. The van der Waals surface area contributed by atoms with Crippen molar-refractivity contribution in [3.05, 3.63) is 65.5 Å². The van der Waals surface area contributed by atoms with E-state index >= 15 is 0 Å². The number of nitrogens with one attached hydrogen (secondary N) is 1. The number of hydrogen-bond donors (Lipinski definition) is 1. The molecule has 1 atom stereocenters. The number of likely N-dealkylation sites (tertiary alicyclic amines) is 1. The molecule has 2 amide bonds. The zero-order valence-corrected chi connectivity index (χ0v) is 15.7. The smallest absolute Gasteiger partial charge is 0.229 e. The third kappa shape index (κ3) is 4.73. The van der Waals surface area contributed by atoms with Crippen LogP contribution >= 0.6 is 0 Å². The number of benzene rings is 2. The fraction of sp³-hybridized carbons (Fsp3) is 0.364. The predicted octanol–water partition coefficient (Wildman–Crippen LogP) is 3.98. The van der Waals surface area contributed by atoms with Crippen LogP contribution in [-0.4, -0.2) is 29.8 Å². The summed E-state index contributed by atoms with van der Waals surface area (Å²) in [5.41, 5.74) is 2.88. The molecular formula is C22H25FN2O2. The molecule has 1 N–H and O–H groups in total. The van der Waals surface area contributed by atoms with Crippen LogP contribution in [0.25, 0.3) is 0 Å². The predicted molar refractivity (Wildman–Crippen MR) is 104 cm³/mol. The Morgan fingerprint density at radius 1 is 1.19 bits per heavy atom. The van der Waals surface area contributed by atoms with E-state index in [-0.39, 0.29) is 30.0 Å². The summed E-state index contributed by atoms with van der Waals surface area (Å²) in [5.74, 6) is -0.422. The van der Waals surface area contributed by atoms with Crippen LogP contribution in [0.1, 0.15) is 37.3 Å². The standard InChI is InChI=1S/C22H25FN2O2/c1-15(2)19-5-3-4-6-20(19)24-22(27)17-13-21(26)25(14-17)12-11-16-7-9-18(23)10-8-16/h3-10,15,17H,11-14H2,1-2H3,(H,24,27). The molecule has 1 aliphatic rings. The van der Waals surface area contributed by atoms with Gasteiger partial charge in [-0.25, -0.2) is 4.39 Å². The molecular weight excluding hydrogens is 343 g/mol. The van der Waals surface area contributed by atoms with Gasteiger partial charge in [0.25, 0.3) is 0 Å². The Bertz CT molecular complexity index is 817. The SMILES string of the molecule is CC(C)c1ccccc1NC(=O)C1CC(=O)N(CCc2ccc(F)cc2)C1. The highest BCUT2D eigenvalue weighted by atomic mass is 19.1. The molecule has 0 aliphatic carbocycles. The van der Waals surface area contributed by atoms with Crippen LogP contribution < -0.4 is 5.32 Å². The van der Waals surface area contributed by atoms with Gasteiger partial charge in [-0.3, -0.25) is 9.59 Å². The van der Waals surface area contributed by atoms with Gasteiger partial charge in [-0.2, -0.15) is 0 Å². The van der Waals surface area contributed by atoms with Gasteiger partial charge >= 0.3 is 0 Å². The Morgan fingerprint density at radius 2 is 1.89 bits per heavy atom. The fourth-order valence-corrected chi connectivity index (χ4v) is 3.43. The van der Waals surface area contributed by atoms with Gasteiger partial charge in [0, 0.05) is 25.2 Å². The Labute approximate surface area is 159 Å². The molecule has 0 radical (unpaired) electrons. The minimum atomic E-state index is -0.342. The summed E-state index contributed by atoms with van der Waals surface area (Å²) in [4.78, 5) is 26.7. The Kier molecular flexibility index (Phi) is 5.89. The number of anilines is 1. The molecule has 5 heteroatoms. The number of rotatable bonds is 6. The number of amides is 2. The molecule has 1 unspecified atom stereocenters. The first-order valence-corrected chi connectivity index (χ1v) is 9.36. The fourth-order valence-electron chi connectivity index (χ4n) is 3.43. The minimum absolute atomic E-state index is 0.00518. The van der Waals surface area contributed by atoms with Crippen molar-refractivity contribution in [1.82, 2.24) is 4.90 Å². The van der Waals surface area contributed by atoms with E-state index in [2.05, 4.69) is 19.2 Å². The molecule has 1 fully saturated rings. The van der Waals surface area contributed by atoms with Crippen LogP contribution in [-0.2, 0) is 16.0 Å². The molecule has 4 nitrogen and oxygen atoms in total. The topological polar surface area (TPSA) is 49.4 Å². The summed E-state index contributed by atoms with van der Waals surface area (Å²) in [5, 5.41) is 3.00. The first-order valence-electron chi connectivity index (χ1n) is 9.36. The van der Waals surface area contributed by atoms with Gasteiger partial charge in [0.1, 0.15) is 5.82 Å². The number of nitrogens with zero attached hydrogens (tertiary/aromatic N) is 1. The monoisotopic (exact) mass is 368 g/mol. The molecule has 0 saturated carbocycles. The van der Waals surface area contributed by atoms with E-state index in [0.29, 0.717) is 25.4 Å². The van der Waals surface area contributed by atoms with Crippen LogP contribution in [0.3, 0.4) is 0 Å². The third-order valence-corrected chi connectivity index (χ3v) is 5.01. The molecule has 2 aromatic carbocycles. The lowest BCUT2D eigenvalue weighted by Crippen LogP contribution is -2.30. The minimum Gasteiger partial charge on any atom is -0.342 e. The van der Waals surface area contributed by atoms with Gasteiger partial charge in [0.05, 0.1) is 5.92 Å². The zero-order chi connectivity index (χ0) is 19.4. The summed E-state index contributed by atoms with van der Waals surface area (Å²) < 4.78 is 13.0. The van der Waals surface area contributed by atoms with Crippen molar-refractivity contribution in [2.75, 3.05) is 18.4 Å². The van der Waals surface area contributed by atoms with Gasteiger partial charge < -0.3 is 10.2 Å². The van der Waals surface area contributed by atoms with Crippen LogP contribution in [0, 0.1) is 11.7 Å². The van der Waals surface area contributed by atoms with Crippen molar-refractivity contribution in [3.63, 3.8) is 0 Å². The Morgan fingerprint density at radius 3 is 2.59 bits per heavy atom. The number of hydrogen-bond acceptors (Lipinski definition) is 2. The van der Waals surface area contributed by atoms with Crippen molar-refractivity contribution >= 4 is 17.5 Å². The number of carbonyl (C=O) groups is 2. The van der Waals surface area contributed by atoms with E-state index < -0.39 is 0 Å². The van der Waals surface area contributed by atoms with E-state index in [1.807, 2.05) is 24.3 Å². The molecule has 0 spiro atoms. The van der Waals surface area contributed by atoms with E-state index in [1.165, 1.54) is 12.1 Å². The molecule has 142 valence electrons. The lowest BCUT2D eigenvalue weighted by Gasteiger charge is -2.18. The van der Waals surface area contributed by atoms with Gasteiger partial charge in [0.2, 0.25) is 11.8 Å². The second kappa shape index (κ2) is 8.33. The summed E-state index contributed by atoms with van der Waals surface area (Å²) in [7, 11) is 0. The van der Waals surface area contributed by atoms with Gasteiger partial charge in [-0.05, 0) is 41.7 Å². The zero-order valence-electron chi connectivity index (χ0n) is 15.7. The summed E-state index contributed by atoms with van der Waals surface area (Å²) >= 11 is 0. The number of para-hydroxylation sites is 1. The van der Waals surface area contributed by atoms with Crippen LogP contribution in [0.2, 0.25) is 0 Å². The van der Waals surface area contributed by atoms with Crippen molar-refractivity contribution in [2.45, 2.75) is 32.6 Å². The Hall–Kier alpha value is -2.69. The average Bonchev–Trinajstić information content (AvgIpc) is 3.02. The van der Waals surface area contributed by atoms with Crippen molar-refractivity contribution < 1.29 is 14.0 Å². The highest BCUT2D eigenvalue weighted by Crippen LogP contribution is 2.26. The van der Waals surface area contributed by atoms with Crippen molar-refractivity contribution in [3.8, 4) is 0 Å². The third-order valence-electron chi connectivity index (χ3n) is 5.01. The highest BCUT2D eigenvalue weighted by Gasteiger charge is 2.34. The average molecular weight is 368 g/mol. The number of halogens is 1. The van der Waals surface area contributed by atoms with E-state index in [9.17, 15) is 14.0 Å². The molecule has 1 heterocycles.